The summed E-state index contributed by atoms with van der Waals surface area (Å²) < 4.78 is 30.3. The second-order valence-electron chi connectivity index (χ2n) is 9.54. The van der Waals surface area contributed by atoms with Crippen LogP contribution in [-0.2, 0) is 19.4 Å². The Kier molecular flexibility index (Phi) is 11.9. The summed E-state index contributed by atoms with van der Waals surface area (Å²) in [5.41, 5.74) is 3.64. The van der Waals surface area contributed by atoms with E-state index in [1.165, 1.54) is 12.1 Å². The summed E-state index contributed by atoms with van der Waals surface area (Å²) >= 11 is 0. The van der Waals surface area contributed by atoms with E-state index in [1.807, 2.05) is 24.3 Å². The summed E-state index contributed by atoms with van der Waals surface area (Å²) in [5, 5.41) is 0. The molecule has 0 N–H and O–H groups in total. The quantitative estimate of drug-likeness (QED) is 0.114. The number of unbranched alkanes of at least 4 members (excludes halogenated alkanes) is 3. The van der Waals surface area contributed by atoms with Crippen LogP contribution in [0.1, 0.15) is 64.0 Å². The minimum absolute atomic E-state index is 0.117. The number of esters is 1. The van der Waals surface area contributed by atoms with Crippen molar-refractivity contribution in [2.75, 3.05) is 30.9 Å². The van der Waals surface area contributed by atoms with Gasteiger partial charge in [0.1, 0.15) is 0 Å². The van der Waals surface area contributed by atoms with E-state index in [0.29, 0.717) is 29.4 Å². The molecule has 0 aliphatic rings. The lowest BCUT2D eigenvalue weighted by Gasteiger charge is -2.22. The molecule has 2 aromatic rings. The summed E-state index contributed by atoms with van der Waals surface area (Å²) in [5.74, 6) is 0.395. The monoisotopic (exact) mass is 511 g/mol. The molecule has 0 saturated heterocycles. The summed E-state index contributed by atoms with van der Waals surface area (Å²) in [6.45, 7) is 11.0. The van der Waals surface area contributed by atoms with Gasteiger partial charge in [-0.25, -0.2) is 13.2 Å². The minimum atomic E-state index is -3.31. The first-order valence-electron chi connectivity index (χ1n) is 12.8. The molecule has 6 heteroatoms. The molecule has 0 aromatic heterocycles. The van der Waals surface area contributed by atoms with Crippen LogP contribution in [0.5, 0.6) is 0 Å². The van der Waals surface area contributed by atoms with Gasteiger partial charge in [0, 0.05) is 24.9 Å². The molecular formula is C30H41NO4S. The van der Waals surface area contributed by atoms with Gasteiger partial charge in [0.05, 0.1) is 17.3 Å². The van der Waals surface area contributed by atoms with E-state index >= 15 is 0 Å². The van der Waals surface area contributed by atoms with Gasteiger partial charge in [-0.2, -0.15) is 0 Å². The third kappa shape index (κ3) is 10.0. The molecule has 0 bridgehead atoms. The van der Waals surface area contributed by atoms with E-state index in [4.69, 9.17) is 4.74 Å². The average molecular weight is 512 g/mol. The fourth-order valence-corrected chi connectivity index (χ4v) is 5.04. The van der Waals surface area contributed by atoms with Crippen LogP contribution in [0.2, 0.25) is 0 Å². The fraction of sp³-hybridized carbons (Fsp3) is 0.433. The number of carbonyl (C=O) groups excluding carboxylic acids is 1. The molecule has 0 amide bonds. The molecule has 0 heterocycles. The molecule has 2 rings (SSSR count). The van der Waals surface area contributed by atoms with E-state index < -0.39 is 9.84 Å². The van der Waals surface area contributed by atoms with Crippen LogP contribution in [0.4, 0.5) is 5.69 Å². The number of ether oxygens (including phenoxy) is 1. The second-order valence-corrected chi connectivity index (χ2v) is 11.6. The van der Waals surface area contributed by atoms with Crippen LogP contribution < -0.4 is 4.90 Å². The van der Waals surface area contributed by atoms with Crippen molar-refractivity contribution in [3.8, 4) is 0 Å². The number of carbonyl (C=O) groups is 1. The molecule has 2 aromatic carbocycles. The molecule has 0 aliphatic carbocycles. The molecule has 196 valence electrons. The zero-order valence-corrected chi connectivity index (χ0v) is 23.0. The van der Waals surface area contributed by atoms with E-state index in [1.54, 1.807) is 19.1 Å². The minimum Gasteiger partial charge on any atom is -0.462 e. The highest BCUT2D eigenvalue weighted by Crippen LogP contribution is 2.19. The Hall–Kier alpha value is -2.86. The van der Waals surface area contributed by atoms with Gasteiger partial charge in [-0.15, -0.1) is 0 Å². The van der Waals surface area contributed by atoms with Crippen molar-refractivity contribution >= 4 is 33.6 Å². The number of anilines is 1. The molecule has 0 fully saturated rings. The molecule has 0 radical (unpaired) electrons. The largest absolute Gasteiger partial charge is 0.462 e. The third-order valence-corrected chi connectivity index (χ3v) is 8.03. The van der Waals surface area contributed by atoms with Gasteiger partial charge in [-0.05, 0) is 61.1 Å². The van der Waals surface area contributed by atoms with Crippen molar-refractivity contribution in [3.63, 3.8) is 0 Å². The van der Waals surface area contributed by atoms with Crippen LogP contribution >= 0.6 is 0 Å². The van der Waals surface area contributed by atoms with E-state index in [2.05, 4.69) is 56.6 Å². The van der Waals surface area contributed by atoms with E-state index in [9.17, 15) is 13.2 Å². The van der Waals surface area contributed by atoms with Gasteiger partial charge in [0.25, 0.3) is 0 Å². The highest BCUT2D eigenvalue weighted by atomic mass is 32.2. The average Bonchev–Trinajstić information content (AvgIpc) is 2.87. The normalized spacial score (nSPS) is 12.4. The van der Waals surface area contributed by atoms with Gasteiger partial charge < -0.3 is 9.64 Å². The molecule has 0 aliphatic heterocycles. The van der Waals surface area contributed by atoms with Crippen molar-refractivity contribution in [1.82, 2.24) is 0 Å². The SMILES string of the molecule is C=C(C)C(=O)OCCCCCCS(=O)(=O)c1ccc(/C=C/c2ccc(N(C)CC(C)CC)cc2)cc1. The molecule has 36 heavy (non-hydrogen) atoms. The fourth-order valence-electron chi connectivity index (χ4n) is 3.67. The Morgan fingerprint density at radius 3 is 2.08 bits per heavy atom. The number of hydrogen-bond donors (Lipinski definition) is 0. The summed E-state index contributed by atoms with van der Waals surface area (Å²) in [4.78, 5) is 14.0. The number of benzene rings is 2. The van der Waals surface area contributed by atoms with Crippen molar-refractivity contribution in [1.29, 1.82) is 0 Å². The van der Waals surface area contributed by atoms with Gasteiger partial charge in [-0.3, -0.25) is 0 Å². The topological polar surface area (TPSA) is 63.7 Å². The maximum atomic E-state index is 12.6. The third-order valence-electron chi connectivity index (χ3n) is 6.21. The van der Waals surface area contributed by atoms with Gasteiger partial charge in [0.15, 0.2) is 9.84 Å². The first-order valence-corrected chi connectivity index (χ1v) is 14.4. The van der Waals surface area contributed by atoms with Crippen LogP contribution in [0, 0.1) is 5.92 Å². The Morgan fingerprint density at radius 1 is 0.972 bits per heavy atom. The van der Waals surface area contributed by atoms with Crippen LogP contribution in [0.3, 0.4) is 0 Å². The molecule has 0 spiro atoms. The molecule has 5 nitrogen and oxygen atoms in total. The predicted molar refractivity (Wildman–Crippen MR) is 151 cm³/mol. The van der Waals surface area contributed by atoms with E-state index in [0.717, 1.165) is 36.9 Å². The number of hydrogen-bond acceptors (Lipinski definition) is 5. The first kappa shape index (κ1) is 29.4. The second kappa shape index (κ2) is 14.6. The lowest BCUT2D eigenvalue weighted by Crippen LogP contribution is -2.23. The van der Waals surface area contributed by atoms with E-state index in [-0.39, 0.29) is 11.7 Å². The number of nitrogens with zero attached hydrogens (tertiary/aromatic N) is 1. The molecule has 1 unspecified atom stereocenters. The highest BCUT2D eigenvalue weighted by molar-refractivity contribution is 7.91. The summed E-state index contributed by atoms with van der Waals surface area (Å²) in [6, 6.07) is 15.5. The van der Waals surface area contributed by atoms with Gasteiger partial charge in [-0.1, -0.05) is 76.1 Å². The van der Waals surface area contributed by atoms with Crippen LogP contribution in [-0.4, -0.2) is 40.3 Å². The zero-order chi connectivity index (χ0) is 26.6. The maximum Gasteiger partial charge on any atom is 0.333 e. The highest BCUT2D eigenvalue weighted by Gasteiger charge is 2.13. The molecule has 1 atom stereocenters. The zero-order valence-electron chi connectivity index (χ0n) is 22.2. The number of sulfone groups is 1. The number of rotatable bonds is 15. The smallest absolute Gasteiger partial charge is 0.333 e. The van der Waals surface area contributed by atoms with Crippen LogP contribution in [0.15, 0.2) is 65.6 Å². The lowest BCUT2D eigenvalue weighted by molar-refractivity contribution is -0.139. The summed E-state index contributed by atoms with van der Waals surface area (Å²) in [6.07, 6.45) is 8.10. The Bertz CT molecular complexity index is 1100. The van der Waals surface area contributed by atoms with Gasteiger partial charge in [0.2, 0.25) is 0 Å². The Labute approximate surface area is 217 Å². The van der Waals surface area contributed by atoms with Gasteiger partial charge >= 0.3 is 5.97 Å². The standard InChI is InChI=1S/C30H41NO4S/c1-6-25(4)23-31(5)28-17-13-26(14-18-28)11-12-27-15-19-29(20-16-27)36(33,34)22-10-8-7-9-21-35-30(32)24(2)3/h11-20,25H,2,6-10,21-23H2,1,3-5H3/b12-11+. The molecular weight excluding hydrogens is 470 g/mol. The van der Waals surface area contributed by atoms with Crippen molar-refractivity contribution in [3.05, 3.63) is 71.8 Å². The van der Waals surface area contributed by atoms with Crippen molar-refractivity contribution in [2.45, 2.75) is 57.8 Å². The Balaban J connectivity index is 1.81. The first-order chi connectivity index (χ1) is 17.1. The van der Waals surface area contributed by atoms with Crippen LogP contribution in [0.25, 0.3) is 12.2 Å². The van der Waals surface area contributed by atoms with Crippen molar-refractivity contribution < 1.29 is 17.9 Å². The predicted octanol–water partition coefficient (Wildman–Crippen LogP) is 6.79. The lowest BCUT2D eigenvalue weighted by atomic mass is 10.1. The molecule has 0 saturated carbocycles. The summed E-state index contributed by atoms with van der Waals surface area (Å²) in [7, 11) is -1.19. The van der Waals surface area contributed by atoms with Crippen molar-refractivity contribution in [2.24, 2.45) is 5.92 Å². The Morgan fingerprint density at radius 2 is 1.53 bits per heavy atom. The maximum absolute atomic E-state index is 12.6.